The number of amides is 1. The van der Waals surface area contributed by atoms with E-state index in [9.17, 15) is 9.59 Å². The maximum Gasteiger partial charge on any atom is 0.312 e. The lowest BCUT2D eigenvalue weighted by atomic mass is 9.77. The summed E-state index contributed by atoms with van der Waals surface area (Å²) in [5.74, 6) is -1.18. The first-order valence-electron chi connectivity index (χ1n) is 6.87. The number of carbonyl (C=O) groups excluding carboxylic acids is 2. The van der Waals surface area contributed by atoms with Gasteiger partial charge in [0, 0.05) is 6.54 Å². The Morgan fingerprint density at radius 1 is 1.63 bits per heavy atom. The Hall–Kier alpha value is -1.36. The average molecular weight is 265 g/mol. The zero-order chi connectivity index (χ0) is 13.6. The number of fused-ring (bicyclic) bond motifs is 1. The van der Waals surface area contributed by atoms with Gasteiger partial charge in [-0.05, 0) is 6.42 Å². The van der Waals surface area contributed by atoms with E-state index in [2.05, 4.69) is 6.92 Å². The molecule has 2 fully saturated rings. The van der Waals surface area contributed by atoms with Crippen molar-refractivity contribution in [1.29, 1.82) is 0 Å². The molecule has 3 aliphatic heterocycles. The Morgan fingerprint density at radius 3 is 3.11 bits per heavy atom. The van der Waals surface area contributed by atoms with Crippen LogP contribution in [0.1, 0.15) is 19.8 Å². The number of methoxy groups -OCH3 is 1. The normalized spacial score (nSPS) is 38.9. The van der Waals surface area contributed by atoms with E-state index in [4.69, 9.17) is 9.47 Å². The van der Waals surface area contributed by atoms with Crippen LogP contribution in [0.15, 0.2) is 12.2 Å². The summed E-state index contributed by atoms with van der Waals surface area (Å²) in [4.78, 5) is 26.2. The summed E-state index contributed by atoms with van der Waals surface area (Å²) in [6.45, 7) is 3.40. The van der Waals surface area contributed by atoms with Crippen molar-refractivity contribution >= 4 is 11.9 Å². The second-order valence-corrected chi connectivity index (χ2v) is 5.54. The van der Waals surface area contributed by atoms with E-state index < -0.39 is 17.4 Å². The molecule has 0 aromatic carbocycles. The second-order valence-electron chi connectivity index (χ2n) is 5.54. The topological polar surface area (TPSA) is 55.8 Å². The summed E-state index contributed by atoms with van der Waals surface area (Å²) >= 11 is 0. The van der Waals surface area contributed by atoms with Crippen LogP contribution >= 0.6 is 0 Å². The molecule has 2 bridgehead atoms. The molecule has 104 valence electrons. The highest BCUT2D eigenvalue weighted by atomic mass is 16.5. The fourth-order valence-electron chi connectivity index (χ4n) is 3.52. The Bertz CT molecular complexity index is 447. The zero-order valence-electron chi connectivity index (χ0n) is 11.3. The van der Waals surface area contributed by atoms with E-state index in [1.54, 1.807) is 0 Å². The Morgan fingerprint density at radius 2 is 2.42 bits per heavy atom. The number of rotatable bonds is 4. The summed E-state index contributed by atoms with van der Waals surface area (Å²) in [6, 6.07) is 0. The number of esters is 1. The fraction of sp³-hybridized carbons (Fsp3) is 0.714. The van der Waals surface area contributed by atoms with Gasteiger partial charge in [-0.1, -0.05) is 25.5 Å². The van der Waals surface area contributed by atoms with Crippen molar-refractivity contribution in [3.05, 3.63) is 12.2 Å². The molecular weight excluding hydrogens is 246 g/mol. The molecule has 1 spiro atoms. The molecule has 0 aliphatic carbocycles. The molecule has 3 rings (SSSR count). The molecule has 5 nitrogen and oxygen atoms in total. The van der Waals surface area contributed by atoms with E-state index in [0.717, 1.165) is 19.4 Å². The Labute approximate surface area is 112 Å². The minimum Gasteiger partial charge on any atom is -0.469 e. The highest BCUT2D eigenvalue weighted by Crippen LogP contribution is 2.52. The van der Waals surface area contributed by atoms with Gasteiger partial charge in [0.15, 0.2) is 0 Å². The molecule has 3 aliphatic rings. The number of likely N-dealkylation sites (tertiary alicyclic amines) is 1. The van der Waals surface area contributed by atoms with Crippen molar-refractivity contribution in [1.82, 2.24) is 4.90 Å². The summed E-state index contributed by atoms with van der Waals surface area (Å²) in [5, 5.41) is 0. The van der Waals surface area contributed by atoms with Crippen molar-refractivity contribution in [3.8, 4) is 0 Å². The third-order valence-electron chi connectivity index (χ3n) is 4.43. The van der Waals surface area contributed by atoms with Crippen molar-refractivity contribution in [2.45, 2.75) is 31.5 Å². The van der Waals surface area contributed by atoms with Gasteiger partial charge in [0.2, 0.25) is 5.91 Å². The molecular formula is C14H19NO4. The maximum absolute atomic E-state index is 12.5. The molecule has 0 N–H and O–H groups in total. The Balaban J connectivity index is 1.86. The molecule has 0 unspecified atom stereocenters. The van der Waals surface area contributed by atoms with Gasteiger partial charge in [0.1, 0.15) is 11.5 Å². The SMILES string of the molecule is CCCCN1C[C@]23C=C[C@@H](O2)[C@@H](C(=O)OC)[C@@H]3C1=O. The molecule has 3 heterocycles. The van der Waals surface area contributed by atoms with Gasteiger partial charge in [-0.2, -0.15) is 0 Å². The molecule has 0 saturated carbocycles. The van der Waals surface area contributed by atoms with Crippen molar-refractivity contribution in [2.24, 2.45) is 11.8 Å². The van der Waals surface area contributed by atoms with Crippen LogP contribution in [0.4, 0.5) is 0 Å². The van der Waals surface area contributed by atoms with Gasteiger partial charge in [-0.25, -0.2) is 0 Å². The summed E-state index contributed by atoms with van der Waals surface area (Å²) in [6.07, 6.45) is 5.58. The van der Waals surface area contributed by atoms with E-state index in [1.807, 2.05) is 17.1 Å². The monoisotopic (exact) mass is 265 g/mol. The van der Waals surface area contributed by atoms with Gasteiger partial charge in [-0.15, -0.1) is 0 Å². The zero-order valence-corrected chi connectivity index (χ0v) is 11.3. The molecule has 0 aromatic rings. The van der Waals surface area contributed by atoms with E-state index in [1.165, 1.54) is 7.11 Å². The number of ether oxygens (including phenoxy) is 2. The molecule has 0 radical (unpaired) electrons. The number of unbranched alkanes of at least 4 members (excludes halogenated alkanes) is 1. The molecule has 19 heavy (non-hydrogen) atoms. The maximum atomic E-state index is 12.5. The largest absolute Gasteiger partial charge is 0.469 e. The van der Waals surface area contributed by atoms with Crippen LogP contribution in [0.25, 0.3) is 0 Å². The van der Waals surface area contributed by atoms with Gasteiger partial charge in [-0.3, -0.25) is 9.59 Å². The van der Waals surface area contributed by atoms with Crippen LogP contribution in [0.5, 0.6) is 0 Å². The van der Waals surface area contributed by atoms with Crippen LogP contribution in [-0.2, 0) is 19.1 Å². The summed E-state index contributed by atoms with van der Waals surface area (Å²) in [5.41, 5.74) is -0.589. The molecule has 4 atom stereocenters. The summed E-state index contributed by atoms with van der Waals surface area (Å²) in [7, 11) is 1.36. The van der Waals surface area contributed by atoms with Crippen LogP contribution in [0.3, 0.4) is 0 Å². The van der Waals surface area contributed by atoms with Crippen molar-refractivity contribution in [2.75, 3.05) is 20.2 Å². The molecule has 5 heteroatoms. The van der Waals surface area contributed by atoms with Crippen LogP contribution in [0, 0.1) is 11.8 Å². The lowest BCUT2D eigenvalue weighted by Crippen LogP contribution is -2.39. The number of hydrogen-bond donors (Lipinski definition) is 0. The minimum atomic E-state index is -0.589. The first-order chi connectivity index (χ1) is 9.13. The van der Waals surface area contributed by atoms with Gasteiger partial charge in [0.25, 0.3) is 0 Å². The average Bonchev–Trinajstić information content (AvgIpc) is 3.04. The van der Waals surface area contributed by atoms with Crippen LogP contribution < -0.4 is 0 Å². The van der Waals surface area contributed by atoms with Gasteiger partial charge in [0.05, 0.1) is 25.7 Å². The van der Waals surface area contributed by atoms with Crippen molar-refractivity contribution in [3.63, 3.8) is 0 Å². The fourth-order valence-corrected chi connectivity index (χ4v) is 3.52. The lowest BCUT2D eigenvalue weighted by Gasteiger charge is -2.22. The predicted octanol–water partition coefficient (Wildman–Crippen LogP) is 0.741. The quantitative estimate of drug-likeness (QED) is 0.556. The standard InChI is InChI=1S/C14H19NO4/c1-3-4-7-15-8-14-6-5-9(19-14)10(13(17)18-2)11(14)12(15)16/h5-6,9-11H,3-4,7-8H2,1-2H3/t9-,10-,11-,14+/m1/s1. The highest BCUT2D eigenvalue weighted by Gasteiger charge is 2.67. The first-order valence-corrected chi connectivity index (χ1v) is 6.87. The smallest absolute Gasteiger partial charge is 0.312 e. The first kappa shape index (κ1) is 12.7. The van der Waals surface area contributed by atoms with Crippen LogP contribution in [-0.4, -0.2) is 48.7 Å². The number of carbonyl (C=O) groups is 2. The van der Waals surface area contributed by atoms with Crippen LogP contribution in [0.2, 0.25) is 0 Å². The van der Waals surface area contributed by atoms with Gasteiger partial charge >= 0.3 is 5.97 Å². The number of nitrogens with zero attached hydrogens (tertiary/aromatic N) is 1. The summed E-state index contributed by atoms with van der Waals surface area (Å²) < 4.78 is 10.8. The van der Waals surface area contributed by atoms with E-state index in [0.29, 0.717) is 6.54 Å². The van der Waals surface area contributed by atoms with E-state index in [-0.39, 0.29) is 18.0 Å². The third kappa shape index (κ3) is 1.64. The van der Waals surface area contributed by atoms with E-state index >= 15 is 0 Å². The second kappa shape index (κ2) is 4.34. The highest BCUT2D eigenvalue weighted by molar-refractivity contribution is 5.91. The molecule has 2 saturated heterocycles. The minimum absolute atomic E-state index is 0.0377. The lowest BCUT2D eigenvalue weighted by molar-refractivity contribution is -0.151. The predicted molar refractivity (Wildman–Crippen MR) is 67.2 cm³/mol. The molecule has 1 amide bonds. The van der Waals surface area contributed by atoms with Gasteiger partial charge < -0.3 is 14.4 Å². The van der Waals surface area contributed by atoms with Crippen molar-refractivity contribution < 1.29 is 19.1 Å². The number of hydrogen-bond acceptors (Lipinski definition) is 4. The Kier molecular flexibility index (Phi) is 2.89. The molecule has 0 aromatic heterocycles. The third-order valence-corrected chi connectivity index (χ3v) is 4.43.